The van der Waals surface area contributed by atoms with Crippen molar-refractivity contribution >= 4 is 15.7 Å². The highest BCUT2D eigenvalue weighted by Crippen LogP contribution is 2.15. The number of H-pyrrole nitrogens is 1. The summed E-state index contributed by atoms with van der Waals surface area (Å²) in [5.74, 6) is -0.180. The minimum absolute atomic E-state index is 0.159. The highest BCUT2D eigenvalue weighted by atomic mass is 32.2. The van der Waals surface area contributed by atoms with E-state index in [1.54, 1.807) is 24.1 Å². The molecule has 0 unspecified atom stereocenters. The topological polar surface area (TPSA) is 83.1 Å². The molecule has 24 heavy (non-hydrogen) atoms. The van der Waals surface area contributed by atoms with Crippen molar-refractivity contribution in [3.05, 3.63) is 46.8 Å². The number of hydrogen-bond acceptors (Lipinski definition) is 4. The van der Waals surface area contributed by atoms with E-state index in [0.29, 0.717) is 12.1 Å². The number of carbonyl (C=O) groups excluding carboxylic acids is 1. The Hall–Kier alpha value is -2.15. The number of rotatable bonds is 6. The fourth-order valence-corrected chi connectivity index (χ4v) is 3.28. The molecule has 6 nitrogen and oxygen atoms in total. The fourth-order valence-electron chi connectivity index (χ4n) is 2.62. The van der Waals surface area contributed by atoms with Gasteiger partial charge >= 0.3 is 0 Å². The van der Waals surface area contributed by atoms with Crippen LogP contribution in [0, 0.1) is 13.8 Å². The van der Waals surface area contributed by atoms with Gasteiger partial charge in [-0.2, -0.15) is 5.10 Å². The van der Waals surface area contributed by atoms with E-state index in [2.05, 4.69) is 10.2 Å². The van der Waals surface area contributed by atoms with E-state index in [4.69, 9.17) is 0 Å². The Morgan fingerprint density at radius 1 is 1.29 bits per heavy atom. The van der Waals surface area contributed by atoms with Gasteiger partial charge in [0.05, 0.1) is 10.6 Å². The van der Waals surface area contributed by atoms with Crippen LogP contribution in [0.15, 0.2) is 29.2 Å². The molecule has 1 aromatic carbocycles. The average Bonchev–Trinajstić information content (AvgIpc) is 2.85. The van der Waals surface area contributed by atoms with Crippen molar-refractivity contribution < 1.29 is 13.2 Å². The molecule has 1 amide bonds. The molecule has 1 N–H and O–H groups in total. The molecule has 0 aliphatic heterocycles. The van der Waals surface area contributed by atoms with E-state index in [9.17, 15) is 13.2 Å². The molecule has 0 saturated heterocycles. The van der Waals surface area contributed by atoms with Crippen molar-refractivity contribution in [1.29, 1.82) is 0 Å². The normalized spacial score (nSPS) is 11.5. The van der Waals surface area contributed by atoms with Gasteiger partial charge in [-0.15, -0.1) is 0 Å². The van der Waals surface area contributed by atoms with E-state index in [0.717, 1.165) is 30.5 Å². The molecule has 1 heterocycles. The highest BCUT2D eigenvalue weighted by Gasteiger charge is 2.15. The van der Waals surface area contributed by atoms with E-state index in [-0.39, 0.29) is 10.8 Å². The van der Waals surface area contributed by atoms with Gasteiger partial charge in [-0.3, -0.25) is 9.89 Å². The predicted octanol–water partition coefficient (Wildman–Crippen LogP) is 2.13. The molecule has 2 aromatic rings. The molecular weight excluding hydrogens is 326 g/mol. The molecule has 1 aromatic heterocycles. The van der Waals surface area contributed by atoms with Gasteiger partial charge in [-0.1, -0.05) is 6.07 Å². The Morgan fingerprint density at radius 3 is 2.58 bits per heavy atom. The lowest BCUT2D eigenvalue weighted by atomic mass is 10.1. The van der Waals surface area contributed by atoms with Gasteiger partial charge in [-0.25, -0.2) is 8.42 Å². The summed E-state index contributed by atoms with van der Waals surface area (Å²) in [5.41, 5.74) is 3.62. The largest absolute Gasteiger partial charge is 0.342 e. The van der Waals surface area contributed by atoms with E-state index in [1.807, 2.05) is 13.8 Å². The van der Waals surface area contributed by atoms with Crippen molar-refractivity contribution in [1.82, 2.24) is 15.1 Å². The first kappa shape index (κ1) is 18.2. The molecule has 0 spiro atoms. The average molecular weight is 349 g/mol. The first-order chi connectivity index (χ1) is 11.2. The maximum absolute atomic E-state index is 12.5. The van der Waals surface area contributed by atoms with Crippen LogP contribution >= 0.6 is 0 Å². The number of nitrogens with zero attached hydrogens (tertiary/aromatic N) is 2. The molecule has 0 radical (unpaired) electrons. The van der Waals surface area contributed by atoms with Crippen molar-refractivity contribution in [2.24, 2.45) is 0 Å². The maximum Gasteiger partial charge on any atom is 0.253 e. The quantitative estimate of drug-likeness (QED) is 0.866. The Morgan fingerprint density at radius 2 is 2.00 bits per heavy atom. The Kier molecular flexibility index (Phi) is 5.43. The van der Waals surface area contributed by atoms with Gasteiger partial charge < -0.3 is 4.90 Å². The second kappa shape index (κ2) is 7.17. The second-order valence-corrected chi connectivity index (χ2v) is 8.06. The van der Waals surface area contributed by atoms with Gasteiger partial charge in [0.15, 0.2) is 9.84 Å². The number of aryl methyl sites for hydroxylation is 2. The van der Waals surface area contributed by atoms with Crippen LogP contribution in [-0.2, 0) is 16.3 Å². The zero-order chi connectivity index (χ0) is 17.9. The first-order valence-electron chi connectivity index (χ1n) is 7.76. The molecule has 0 aliphatic rings. The number of hydrogen-bond donors (Lipinski definition) is 1. The van der Waals surface area contributed by atoms with Crippen LogP contribution in [0.5, 0.6) is 0 Å². The lowest BCUT2D eigenvalue weighted by Crippen LogP contribution is -2.28. The number of carbonyl (C=O) groups is 1. The molecule has 0 saturated carbocycles. The van der Waals surface area contributed by atoms with Crippen LogP contribution in [0.3, 0.4) is 0 Å². The second-order valence-electron chi connectivity index (χ2n) is 6.04. The predicted molar refractivity (Wildman–Crippen MR) is 92.9 cm³/mol. The molecular formula is C17H23N3O3S. The summed E-state index contributed by atoms with van der Waals surface area (Å²) in [4.78, 5) is 14.2. The third-order valence-corrected chi connectivity index (χ3v) is 5.17. The summed E-state index contributed by atoms with van der Waals surface area (Å²) in [6, 6.07) is 6.16. The van der Waals surface area contributed by atoms with Gasteiger partial charge in [0, 0.05) is 31.1 Å². The van der Waals surface area contributed by atoms with Crippen LogP contribution in [0.2, 0.25) is 0 Å². The zero-order valence-electron chi connectivity index (χ0n) is 14.5. The van der Waals surface area contributed by atoms with Crippen LogP contribution in [-0.4, -0.2) is 49.3 Å². The van der Waals surface area contributed by atoms with Crippen molar-refractivity contribution in [3.63, 3.8) is 0 Å². The molecule has 7 heteroatoms. The van der Waals surface area contributed by atoms with Crippen LogP contribution in [0.1, 0.15) is 33.7 Å². The molecule has 0 atom stereocenters. The Labute approximate surface area is 142 Å². The number of aromatic amines is 1. The van der Waals surface area contributed by atoms with Crippen LogP contribution in [0.4, 0.5) is 0 Å². The van der Waals surface area contributed by atoms with E-state index in [1.165, 1.54) is 17.7 Å². The summed E-state index contributed by atoms with van der Waals surface area (Å²) in [7, 11) is -1.60. The third-order valence-electron chi connectivity index (χ3n) is 4.06. The molecule has 2 rings (SSSR count). The smallest absolute Gasteiger partial charge is 0.253 e. The van der Waals surface area contributed by atoms with Gasteiger partial charge in [0.25, 0.3) is 5.91 Å². The standard InChI is InChI=1S/C17H23N3O3S/c1-12-16(13(2)19-18-12)9-6-10-20(3)17(21)14-7-5-8-15(11-14)24(4,22)23/h5,7-8,11H,6,9-10H2,1-4H3,(H,18,19). The number of amides is 1. The van der Waals surface area contributed by atoms with Crippen LogP contribution < -0.4 is 0 Å². The summed E-state index contributed by atoms with van der Waals surface area (Å²) in [6.45, 7) is 4.54. The van der Waals surface area contributed by atoms with Gasteiger partial charge in [0.1, 0.15) is 0 Å². The highest BCUT2D eigenvalue weighted by molar-refractivity contribution is 7.90. The molecule has 0 fully saturated rings. The molecule has 130 valence electrons. The summed E-state index contributed by atoms with van der Waals surface area (Å²) in [6.07, 6.45) is 2.79. The van der Waals surface area contributed by atoms with Crippen molar-refractivity contribution in [2.45, 2.75) is 31.6 Å². The number of aromatic nitrogens is 2. The lowest BCUT2D eigenvalue weighted by molar-refractivity contribution is 0.0793. The Bertz CT molecular complexity index is 821. The number of benzene rings is 1. The fraction of sp³-hybridized carbons (Fsp3) is 0.412. The third kappa shape index (κ3) is 4.23. The van der Waals surface area contributed by atoms with E-state index < -0.39 is 9.84 Å². The van der Waals surface area contributed by atoms with E-state index >= 15 is 0 Å². The first-order valence-corrected chi connectivity index (χ1v) is 9.65. The lowest BCUT2D eigenvalue weighted by Gasteiger charge is -2.17. The summed E-state index contributed by atoms with van der Waals surface area (Å²) < 4.78 is 23.2. The number of sulfone groups is 1. The summed E-state index contributed by atoms with van der Waals surface area (Å²) >= 11 is 0. The Balaban J connectivity index is 2.00. The SMILES string of the molecule is Cc1n[nH]c(C)c1CCCN(C)C(=O)c1cccc(S(C)(=O)=O)c1. The van der Waals surface area contributed by atoms with Gasteiger partial charge in [-0.05, 0) is 50.5 Å². The molecule has 0 aliphatic carbocycles. The number of nitrogens with one attached hydrogen (secondary N) is 1. The molecule has 0 bridgehead atoms. The van der Waals surface area contributed by atoms with Crippen LogP contribution in [0.25, 0.3) is 0 Å². The monoisotopic (exact) mass is 349 g/mol. The minimum atomic E-state index is -3.32. The summed E-state index contributed by atoms with van der Waals surface area (Å²) in [5, 5.41) is 7.12. The minimum Gasteiger partial charge on any atom is -0.342 e. The van der Waals surface area contributed by atoms with Crippen molar-refractivity contribution in [2.75, 3.05) is 19.8 Å². The maximum atomic E-state index is 12.5. The van der Waals surface area contributed by atoms with Gasteiger partial charge in [0.2, 0.25) is 0 Å². The van der Waals surface area contributed by atoms with Crippen molar-refractivity contribution in [3.8, 4) is 0 Å². The zero-order valence-corrected chi connectivity index (χ0v) is 15.3.